The van der Waals surface area contributed by atoms with Crippen LogP contribution in [0.1, 0.15) is 12.8 Å². The van der Waals surface area contributed by atoms with Gasteiger partial charge < -0.3 is 5.32 Å². The fraction of sp³-hybridized carbons (Fsp3) is 0.375. The number of allylic oxidation sites excluding steroid dienone is 1. The first-order chi connectivity index (χ1) is 4.97. The van der Waals surface area contributed by atoms with Crippen molar-refractivity contribution in [3.63, 3.8) is 0 Å². The van der Waals surface area contributed by atoms with E-state index in [-0.39, 0.29) is 0 Å². The van der Waals surface area contributed by atoms with Crippen LogP contribution < -0.4 is 10.3 Å². The molecule has 1 atom stereocenters. The number of nitrogens with one attached hydrogen (secondary N) is 2. The molecule has 0 amide bonds. The van der Waals surface area contributed by atoms with Crippen molar-refractivity contribution in [3.8, 4) is 0 Å². The maximum Gasteiger partial charge on any atom is 0.168 e. The Morgan fingerprint density at radius 3 is 3.50 bits per heavy atom. The molecule has 2 N–H and O–H groups in total. The zero-order valence-electron chi connectivity index (χ0n) is 5.80. The fourth-order valence-electron chi connectivity index (χ4n) is 1.36. The van der Waals surface area contributed by atoms with E-state index >= 15 is 0 Å². The van der Waals surface area contributed by atoms with E-state index in [1.807, 2.05) is 6.20 Å². The summed E-state index contributed by atoms with van der Waals surface area (Å²) < 4.78 is 0. The predicted molar refractivity (Wildman–Crippen MR) is 40.4 cm³/mol. The first-order valence-corrected chi connectivity index (χ1v) is 3.64. The number of hydrogen-bond donors (Lipinski definition) is 2. The molecular weight excluding hydrogens is 124 g/mol. The molecule has 0 radical (unpaired) electrons. The molecule has 0 fully saturated rings. The molecular formula is C8H11N2+. The van der Waals surface area contributed by atoms with Crippen LogP contribution in [0.25, 0.3) is 0 Å². The minimum absolute atomic E-state index is 0.561. The molecule has 0 saturated heterocycles. The Morgan fingerprint density at radius 1 is 1.60 bits per heavy atom. The first kappa shape index (κ1) is 5.71. The SMILES string of the molecule is C1=CNC2CC=[NH+]C=C2C1. The Kier molecular flexibility index (Phi) is 1.31. The highest BCUT2D eigenvalue weighted by Gasteiger charge is 2.18. The molecule has 2 heteroatoms. The fourth-order valence-corrected chi connectivity index (χ4v) is 1.36. The van der Waals surface area contributed by atoms with E-state index in [0.717, 1.165) is 12.8 Å². The van der Waals surface area contributed by atoms with Gasteiger partial charge in [-0.1, -0.05) is 6.08 Å². The highest BCUT2D eigenvalue weighted by atomic mass is 14.9. The highest BCUT2D eigenvalue weighted by Crippen LogP contribution is 2.13. The summed E-state index contributed by atoms with van der Waals surface area (Å²) >= 11 is 0. The van der Waals surface area contributed by atoms with Crippen molar-refractivity contribution in [2.24, 2.45) is 0 Å². The van der Waals surface area contributed by atoms with Gasteiger partial charge in [-0.05, 0) is 12.6 Å². The standard InChI is InChI=1S/C8H10N2/c1-2-7-6-9-5-3-8(7)10-4-1/h1,4-6,8,10H,2-3H2/p+1. The van der Waals surface area contributed by atoms with Gasteiger partial charge in [-0.15, -0.1) is 0 Å². The van der Waals surface area contributed by atoms with Gasteiger partial charge in [-0.3, -0.25) is 0 Å². The second kappa shape index (κ2) is 2.29. The maximum absolute atomic E-state index is 3.30. The molecule has 2 rings (SSSR count). The van der Waals surface area contributed by atoms with Gasteiger partial charge in [-0.2, -0.15) is 0 Å². The zero-order valence-corrected chi connectivity index (χ0v) is 5.80. The summed E-state index contributed by atoms with van der Waals surface area (Å²) in [5.41, 5.74) is 1.46. The smallest absolute Gasteiger partial charge is 0.168 e. The molecule has 0 bridgehead atoms. The summed E-state index contributed by atoms with van der Waals surface area (Å²) in [6.07, 6.45) is 10.6. The van der Waals surface area contributed by atoms with Gasteiger partial charge in [0.25, 0.3) is 0 Å². The van der Waals surface area contributed by atoms with Gasteiger partial charge in [0.1, 0.15) is 6.21 Å². The Bertz CT molecular complexity index is 213. The number of fused-ring (bicyclic) bond motifs is 1. The van der Waals surface area contributed by atoms with E-state index in [0.29, 0.717) is 6.04 Å². The topological polar surface area (TPSA) is 26.0 Å². The van der Waals surface area contributed by atoms with Crippen LogP contribution in [-0.4, -0.2) is 12.3 Å². The molecule has 2 nitrogen and oxygen atoms in total. The van der Waals surface area contributed by atoms with Crippen LogP contribution in [0.3, 0.4) is 0 Å². The van der Waals surface area contributed by atoms with Crippen molar-refractivity contribution in [3.05, 3.63) is 24.0 Å². The van der Waals surface area contributed by atoms with Crippen molar-refractivity contribution in [1.29, 1.82) is 0 Å². The minimum Gasteiger partial charge on any atom is -0.384 e. The minimum atomic E-state index is 0.561. The molecule has 1 unspecified atom stereocenters. The number of rotatable bonds is 0. The lowest BCUT2D eigenvalue weighted by atomic mass is 9.98. The molecule has 0 saturated carbocycles. The van der Waals surface area contributed by atoms with E-state index in [9.17, 15) is 0 Å². The maximum atomic E-state index is 3.30. The Hall–Kier alpha value is -1.05. The molecule has 2 heterocycles. The third kappa shape index (κ3) is 0.856. The molecule has 0 spiro atoms. The number of hydrogen-bond acceptors (Lipinski definition) is 1. The Morgan fingerprint density at radius 2 is 2.60 bits per heavy atom. The van der Waals surface area contributed by atoms with Crippen LogP contribution >= 0.6 is 0 Å². The molecule has 0 aromatic heterocycles. The van der Waals surface area contributed by atoms with E-state index < -0.39 is 0 Å². The molecule has 2 aliphatic heterocycles. The van der Waals surface area contributed by atoms with Crippen LogP contribution in [0.2, 0.25) is 0 Å². The van der Waals surface area contributed by atoms with Gasteiger partial charge in [-0.25, -0.2) is 4.99 Å². The highest BCUT2D eigenvalue weighted by molar-refractivity contribution is 5.54. The van der Waals surface area contributed by atoms with E-state index in [4.69, 9.17) is 0 Å². The molecule has 2 aliphatic rings. The second-order valence-electron chi connectivity index (χ2n) is 2.65. The zero-order chi connectivity index (χ0) is 6.81. The summed E-state index contributed by atoms with van der Waals surface area (Å²) in [4.78, 5) is 3.12. The quantitative estimate of drug-likeness (QED) is 0.451. The van der Waals surface area contributed by atoms with E-state index in [1.165, 1.54) is 5.57 Å². The summed E-state index contributed by atoms with van der Waals surface area (Å²) in [7, 11) is 0. The predicted octanol–water partition coefficient (Wildman–Crippen LogP) is -0.699. The van der Waals surface area contributed by atoms with Crippen molar-refractivity contribution in [2.45, 2.75) is 18.9 Å². The van der Waals surface area contributed by atoms with Gasteiger partial charge in [0.2, 0.25) is 0 Å². The van der Waals surface area contributed by atoms with Crippen molar-refractivity contribution in [1.82, 2.24) is 5.32 Å². The van der Waals surface area contributed by atoms with Crippen LogP contribution in [0, 0.1) is 0 Å². The van der Waals surface area contributed by atoms with Crippen molar-refractivity contribution in [2.75, 3.05) is 0 Å². The summed E-state index contributed by atoms with van der Waals surface area (Å²) in [6.45, 7) is 0. The molecule has 0 aliphatic carbocycles. The van der Waals surface area contributed by atoms with Gasteiger partial charge >= 0.3 is 0 Å². The van der Waals surface area contributed by atoms with Crippen molar-refractivity contribution >= 4 is 6.21 Å². The van der Waals surface area contributed by atoms with Crippen LogP contribution in [0.5, 0.6) is 0 Å². The summed E-state index contributed by atoms with van der Waals surface area (Å²) in [5.74, 6) is 0. The van der Waals surface area contributed by atoms with E-state index in [2.05, 4.69) is 28.8 Å². The van der Waals surface area contributed by atoms with Gasteiger partial charge in [0.05, 0.1) is 6.04 Å². The third-order valence-corrected chi connectivity index (χ3v) is 1.96. The van der Waals surface area contributed by atoms with Crippen LogP contribution in [0.15, 0.2) is 24.0 Å². The normalized spacial score (nSPS) is 28.8. The molecule has 10 heavy (non-hydrogen) atoms. The lowest BCUT2D eigenvalue weighted by Crippen LogP contribution is -2.65. The molecule has 0 aromatic rings. The second-order valence-corrected chi connectivity index (χ2v) is 2.65. The van der Waals surface area contributed by atoms with E-state index in [1.54, 1.807) is 0 Å². The molecule has 0 aromatic carbocycles. The monoisotopic (exact) mass is 135 g/mol. The molecule has 52 valence electrons. The largest absolute Gasteiger partial charge is 0.384 e. The Labute approximate surface area is 60.3 Å². The first-order valence-electron chi connectivity index (χ1n) is 3.64. The lowest BCUT2D eigenvalue weighted by molar-refractivity contribution is -0.372. The summed E-state index contributed by atoms with van der Waals surface area (Å²) in [6, 6.07) is 0.561. The van der Waals surface area contributed by atoms with Gasteiger partial charge in [0.15, 0.2) is 6.20 Å². The summed E-state index contributed by atoms with van der Waals surface area (Å²) in [5, 5.41) is 3.30. The average Bonchev–Trinajstić information content (AvgIpc) is 2.05. The Balaban J connectivity index is 2.23. The van der Waals surface area contributed by atoms with Gasteiger partial charge in [0, 0.05) is 12.0 Å². The average molecular weight is 135 g/mol. The van der Waals surface area contributed by atoms with Crippen LogP contribution in [0.4, 0.5) is 0 Å². The lowest BCUT2D eigenvalue weighted by Gasteiger charge is -2.20. The van der Waals surface area contributed by atoms with Crippen LogP contribution in [-0.2, 0) is 0 Å². The van der Waals surface area contributed by atoms with Crippen molar-refractivity contribution < 1.29 is 4.99 Å². The third-order valence-electron chi connectivity index (χ3n) is 1.96.